The molecule has 0 aliphatic carbocycles. The van der Waals surface area contributed by atoms with Crippen LogP contribution in [0.4, 0.5) is 5.95 Å². The van der Waals surface area contributed by atoms with Crippen molar-refractivity contribution < 1.29 is 14.7 Å². The van der Waals surface area contributed by atoms with Crippen molar-refractivity contribution in [3.05, 3.63) is 64.8 Å². The van der Waals surface area contributed by atoms with E-state index >= 15 is 0 Å². The van der Waals surface area contributed by atoms with Crippen LogP contribution in [0.5, 0.6) is 0 Å². The molecule has 2 heterocycles. The first-order chi connectivity index (χ1) is 14.3. The maximum Gasteiger partial charge on any atom is 0.310 e. The minimum atomic E-state index is -0.887. The lowest BCUT2D eigenvalue weighted by molar-refractivity contribution is -0.139. The highest BCUT2D eigenvalue weighted by atomic mass is 16.4. The number of carbonyl (C=O) groups excluding carboxylic acids is 1. The predicted octanol–water partition coefficient (Wildman–Crippen LogP) is 3.58. The van der Waals surface area contributed by atoms with Gasteiger partial charge >= 0.3 is 5.97 Å². The minimum Gasteiger partial charge on any atom is -0.481 e. The van der Waals surface area contributed by atoms with Gasteiger partial charge in [0.25, 0.3) is 5.91 Å². The number of anilines is 1. The molecule has 1 unspecified atom stereocenters. The molecule has 1 aromatic heterocycles. The molecule has 0 saturated heterocycles. The van der Waals surface area contributed by atoms with Gasteiger partial charge in [0.2, 0.25) is 5.95 Å². The normalized spacial score (nSPS) is 14.2. The molecule has 0 fully saturated rings. The van der Waals surface area contributed by atoms with Gasteiger partial charge < -0.3 is 15.7 Å². The molecule has 1 atom stereocenters. The van der Waals surface area contributed by atoms with Crippen LogP contribution in [-0.4, -0.2) is 31.9 Å². The van der Waals surface area contributed by atoms with Gasteiger partial charge in [0, 0.05) is 18.5 Å². The lowest BCUT2D eigenvalue weighted by atomic mass is 9.89. The van der Waals surface area contributed by atoms with Crippen molar-refractivity contribution in [1.82, 2.24) is 14.9 Å². The number of nitrogen functional groups attached to an aromatic ring is 1. The second kappa shape index (κ2) is 7.74. The first-order valence-electron chi connectivity index (χ1n) is 9.99. The van der Waals surface area contributed by atoms with Gasteiger partial charge in [-0.2, -0.15) is 0 Å². The summed E-state index contributed by atoms with van der Waals surface area (Å²) in [6.07, 6.45) is 0.501. The summed E-state index contributed by atoms with van der Waals surface area (Å²) >= 11 is 0. The van der Waals surface area contributed by atoms with E-state index in [4.69, 9.17) is 5.73 Å². The second-order valence-electron chi connectivity index (χ2n) is 8.16. The average Bonchev–Trinajstić information content (AvgIpc) is 3.14. The molecule has 0 radical (unpaired) electrons. The van der Waals surface area contributed by atoms with E-state index < -0.39 is 11.9 Å². The maximum atomic E-state index is 13.3. The summed E-state index contributed by atoms with van der Waals surface area (Å²) in [7, 11) is 0. The molecule has 3 N–H and O–H groups in total. The molecule has 1 aliphatic heterocycles. The summed E-state index contributed by atoms with van der Waals surface area (Å²) in [5.74, 6) is -1.55. The number of carbonyl (C=O) groups is 2. The number of nitrogens with zero attached hydrogens (tertiary/aromatic N) is 3. The molecular weight excluding hydrogens is 380 g/mol. The van der Waals surface area contributed by atoms with Crippen molar-refractivity contribution in [2.75, 3.05) is 5.73 Å². The van der Waals surface area contributed by atoms with Crippen LogP contribution in [0.3, 0.4) is 0 Å². The molecule has 1 aliphatic rings. The SMILES string of the molecule is CC(C)CC(C(=O)O)c1ccc2nc(N)nc(C(=O)N3Cc4ccccc4C3)c2c1. The molecule has 3 aromatic rings. The Morgan fingerprint density at radius 1 is 1.10 bits per heavy atom. The standard InChI is InChI=1S/C23H24N4O3/c1-13(2)9-17(22(29)30)14-7-8-19-18(10-14)20(26-23(24)25-19)21(28)27-11-15-5-3-4-6-16(15)12-27/h3-8,10,13,17H,9,11-12H2,1-2H3,(H,29,30)(H2,24,25,26). The molecule has 0 spiro atoms. The third kappa shape index (κ3) is 3.70. The van der Waals surface area contributed by atoms with Crippen LogP contribution < -0.4 is 5.73 Å². The number of hydrogen-bond acceptors (Lipinski definition) is 5. The van der Waals surface area contributed by atoms with Crippen LogP contribution in [0.25, 0.3) is 10.9 Å². The van der Waals surface area contributed by atoms with Gasteiger partial charge in [-0.1, -0.05) is 44.2 Å². The maximum absolute atomic E-state index is 13.3. The van der Waals surface area contributed by atoms with Gasteiger partial charge in [-0.3, -0.25) is 9.59 Å². The van der Waals surface area contributed by atoms with Gasteiger partial charge in [0.1, 0.15) is 5.69 Å². The Morgan fingerprint density at radius 2 is 1.77 bits per heavy atom. The lowest BCUT2D eigenvalue weighted by Crippen LogP contribution is -2.27. The molecule has 4 rings (SSSR count). The van der Waals surface area contributed by atoms with E-state index in [0.29, 0.717) is 36.0 Å². The Morgan fingerprint density at radius 3 is 2.37 bits per heavy atom. The Bertz CT molecular complexity index is 1120. The number of carboxylic acids is 1. The molecule has 0 bridgehead atoms. The fraction of sp³-hybridized carbons (Fsp3) is 0.304. The van der Waals surface area contributed by atoms with Crippen molar-refractivity contribution in [3.8, 4) is 0 Å². The van der Waals surface area contributed by atoms with Crippen LogP contribution in [0, 0.1) is 5.92 Å². The Hall–Kier alpha value is -3.48. The van der Waals surface area contributed by atoms with E-state index in [-0.39, 0.29) is 23.5 Å². The van der Waals surface area contributed by atoms with E-state index in [1.807, 2.05) is 38.1 Å². The minimum absolute atomic E-state index is 0.0206. The highest BCUT2D eigenvalue weighted by Crippen LogP contribution is 2.30. The molecule has 7 heteroatoms. The number of benzene rings is 2. The molecule has 7 nitrogen and oxygen atoms in total. The zero-order valence-corrected chi connectivity index (χ0v) is 17.0. The Labute approximate surface area is 174 Å². The number of nitrogens with two attached hydrogens (primary N) is 1. The molecule has 1 amide bonds. The van der Waals surface area contributed by atoms with Crippen molar-refractivity contribution in [3.63, 3.8) is 0 Å². The number of fused-ring (bicyclic) bond motifs is 2. The summed E-state index contributed by atoms with van der Waals surface area (Å²) in [6, 6.07) is 13.1. The number of hydrogen-bond donors (Lipinski definition) is 2. The molecular formula is C23H24N4O3. The summed E-state index contributed by atoms with van der Waals surface area (Å²) in [5, 5.41) is 10.2. The smallest absolute Gasteiger partial charge is 0.310 e. The van der Waals surface area contributed by atoms with Crippen molar-refractivity contribution >= 4 is 28.7 Å². The molecule has 2 aromatic carbocycles. The number of aromatic nitrogens is 2. The first kappa shape index (κ1) is 19.8. The van der Waals surface area contributed by atoms with E-state index in [2.05, 4.69) is 9.97 Å². The van der Waals surface area contributed by atoms with Crippen molar-refractivity contribution in [1.29, 1.82) is 0 Å². The average molecular weight is 404 g/mol. The number of amides is 1. The zero-order valence-electron chi connectivity index (χ0n) is 17.0. The first-order valence-corrected chi connectivity index (χ1v) is 9.99. The van der Waals surface area contributed by atoms with Gasteiger partial charge in [-0.15, -0.1) is 0 Å². The lowest BCUT2D eigenvalue weighted by Gasteiger charge is -2.18. The fourth-order valence-corrected chi connectivity index (χ4v) is 4.02. The summed E-state index contributed by atoms with van der Waals surface area (Å²) < 4.78 is 0. The Kier molecular flexibility index (Phi) is 5.11. The van der Waals surface area contributed by atoms with E-state index in [1.54, 1.807) is 23.1 Å². The van der Waals surface area contributed by atoms with Crippen molar-refractivity contribution in [2.24, 2.45) is 5.92 Å². The number of rotatable bonds is 5. The second-order valence-corrected chi connectivity index (χ2v) is 8.16. The van der Waals surface area contributed by atoms with E-state index in [1.165, 1.54) is 0 Å². The van der Waals surface area contributed by atoms with Gasteiger partial charge in [-0.05, 0) is 41.2 Å². The number of carboxylic acid groups (broad SMARTS) is 1. The monoisotopic (exact) mass is 404 g/mol. The van der Waals surface area contributed by atoms with Crippen LogP contribution in [-0.2, 0) is 17.9 Å². The third-order valence-corrected chi connectivity index (χ3v) is 5.48. The van der Waals surface area contributed by atoms with Crippen LogP contribution in [0.2, 0.25) is 0 Å². The fourth-order valence-electron chi connectivity index (χ4n) is 4.02. The molecule has 30 heavy (non-hydrogen) atoms. The molecule has 154 valence electrons. The predicted molar refractivity (Wildman–Crippen MR) is 114 cm³/mol. The third-order valence-electron chi connectivity index (χ3n) is 5.48. The van der Waals surface area contributed by atoms with E-state index in [9.17, 15) is 14.7 Å². The summed E-state index contributed by atoms with van der Waals surface area (Å²) in [4.78, 5) is 35.4. The largest absolute Gasteiger partial charge is 0.481 e. The van der Waals surface area contributed by atoms with Gasteiger partial charge in [0.15, 0.2) is 0 Å². The highest BCUT2D eigenvalue weighted by molar-refractivity contribution is 6.05. The highest BCUT2D eigenvalue weighted by Gasteiger charge is 2.28. The van der Waals surface area contributed by atoms with Gasteiger partial charge in [0.05, 0.1) is 11.4 Å². The quantitative estimate of drug-likeness (QED) is 0.673. The molecule has 0 saturated carbocycles. The van der Waals surface area contributed by atoms with Gasteiger partial charge in [-0.25, -0.2) is 9.97 Å². The Balaban J connectivity index is 1.76. The van der Waals surface area contributed by atoms with Crippen LogP contribution >= 0.6 is 0 Å². The zero-order chi connectivity index (χ0) is 21.4. The van der Waals surface area contributed by atoms with Crippen LogP contribution in [0.1, 0.15) is 53.4 Å². The number of aliphatic carboxylic acids is 1. The summed E-state index contributed by atoms with van der Waals surface area (Å²) in [6.45, 7) is 4.98. The van der Waals surface area contributed by atoms with Crippen LogP contribution in [0.15, 0.2) is 42.5 Å². The summed E-state index contributed by atoms with van der Waals surface area (Å²) in [5.41, 5.74) is 9.47. The van der Waals surface area contributed by atoms with Crippen molar-refractivity contribution in [2.45, 2.75) is 39.3 Å². The van der Waals surface area contributed by atoms with E-state index in [0.717, 1.165) is 11.1 Å². The topological polar surface area (TPSA) is 109 Å².